The summed E-state index contributed by atoms with van der Waals surface area (Å²) in [6.07, 6.45) is 1.62. The van der Waals surface area contributed by atoms with E-state index in [0.29, 0.717) is 18.2 Å². The van der Waals surface area contributed by atoms with Gasteiger partial charge >= 0.3 is 0 Å². The van der Waals surface area contributed by atoms with Crippen LogP contribution in [-0.4, -0.2) is 25.7 Å². The van der Waals surface area contributed by atoms with Crippen molar-refractivity contribution in [3.8, 4) is 0 Å². The molecule has 0 unspecified atom stereocenters. The first kappa shape index (κ1) is 13.0. The smallest absolute Gasteiger partial charge is 0.270 e. The van der Waals surface area contributed by atoms with Crippen molar-refractivity contribution in [3.05, 3.63) is 36.0 Å². The van der Waals surface area contributed by atoms with E-state index >= 15 is 0 Å². The Balaban J connectivity index is 2.01. The highest BCUT2D eigenvalue weighted by Crippen LogP contribution is 2.03. The van der Waals surface area contributed by atoms with Gasteiger partial charge in [-0.2, -0.15) is 0 Å². The summed E-state index contributed by atoms with van der Waals surface area (Å²) in [6.45, 7) is 3.03. The summed E-state index contributed by atoms with van der Waals surface area (Å²) in [5.41, 5.74) is 2.68. The monoisotopic (exact) mass is 261 g/mol. The van der Waals surface area contributed by atoms with Crippen molar-refractivity contribution in [3.63, 3.8) is 0 Å². The largest absolute Gasteiger partial charge is 0.343 e. The molecule has 0 aliphatic carbocycles. The van der Waals surface area contributed by atoms with Gasteiger partial charge < -0.3 is 15.3 Å². The normalized spacial score (nSPS) is 10.2. The highest BCUT2D eigenvalue weighted by atomic mass is 16.1. The Morgan fingerprint density at radius 1 is 1.47 bits per heavy atom. The van der Waals surface area contributed by atoms with Gasteiger partial charge in [-0.3, -0.25) is 4.79 Å². The van der Waals surface area contributed by atoms with E-state index in [-0.39, 0.29) is 11.6 Å². The van der Waals surface area contributed by atoms with Crippen molar-refractivity contribution in [2.45, 2.75) is 20.0 Å². The van der Waals surface area contributed by atoms with Crippen molar-refractivity contribution < 1.29 is 4.79 Å². The second-order valence-electron chi connectivity index (χ2n) is 3.77. The van der Waals surface area contributed by atoms with Crippen LogP contribution in [-0.2, 0) is 13.1 Å². The fourth-order valence-corrected chi connectivity index (χ4v) is 1.57. The fraction of sp³-hybridized carbons (Fsp3) is 0.273. The predicted molar refractivity (Wildman–Crippen MR) is 68.9 cm³/mol. The van der Waals surface area contributed by atoms with E-state index in [1.807, 2.05) is 11.5 Å². The van der Waals surface area contributed by atoms with E-state index in [1.54, 1.807) is 24.5 Å². The molecule has 4 N–H and O–H groups in total. The molecule has 2 aromatic rings. The summed E-state index contributed by atoms with van der Waals surface area (Å²) in [5, 5.41) is 10.5. The Kier molecular flexibility index (Phi) is 4.04. The minimum Gasteiger partial charge on any atom is -0.343 e. The lowest BCUT2D eigenvalue weighted by atomic mass is 10.3. The highest BCUT2D eigenvalue weighted by molar-refractivity contribution is 5.92. The number of nitrogens with two attached hydrogens (primary N) is 1. The van der Waals surface area contributed by atoms with Crippen LogP contribution in [0.5, 0.6) is 0 Å². The number of anilines is 1. The molecular formula is C11H15N7O. The quantitative estimate of drug-likeness (QED) is 0.512. The van der Waals surface area contributed by atoms with Gasteiger partial charge in [-0.05, 0) is 19.1 Å². The van der Waals surface area contributed by atoms with Crippen LogP contribution in [0, 0.1) is 0 Å². The lowest BCUT2D eigenvalue weighted by Gasteiger charge is -2.06. The van der Waals surface area contributed by atoms with Crippen molar-refractivity contribution in [2.75, 3.05) is 5.43 Å². The fourth-order valence-electron chi connectivity index (χ4n) is 1.57. The average molecular weight is 261 g/mol. The van der Waals surface area contributed by atoms with Crippen LogP contribution in [0.1, 0.15) is 23.2 Å². The maximum atomic E-state index is 11.9. The highest BCUT2D eigenvalue weighted by Gasteiger charge is 2.09. The van der Waals surface area contributed by atoms with Gasteiger partial charge in [-0.25, -0.2) is 10.8 Å². The first-order valence-electron chi connectivity index (χ1n) is 5.83. The Morgan fingerprint density at radius 2 is 2.32 bits per heavy atom. The Labute approximate surface area is 110 Å². The molecule has 2 rings (SSSR count). The SMILES string of the molecule is CCn1cnnc1CNC(=O)c1cccc(NN)n1. The number of pyridine rings is 1. The molecule has 1 amide bonds. The summed E-state index contributed by atoms with van der Waals surface area (Å²) in [7, 11) is 0. The van der Waals surface area contributed by atoms with E-state index in [0.717, 1.165) is 6.54 Å². The maximum absolute atomic E-state index is 11.9. The van der Waals surface area contributed by atoms with E-state index in [1.165, 1.54) is 0 Å². The third kappa shape index (κ3) is 3.05. The minimum absolute atomic E-state index is 0.289. The molecule has 0 aliphatic rings. The predicted octanol–water partition coefficient (Wildman–Crippen LogP) is -0.0914. The van der Waals surface area contributed by atoms with Gasteiger partial charge in [0, 0.05) is 6.54 Å². The summed E-state index contributed by atoms with van der Waals surface area (Å²) in [5.74, 6) is 6.09. The van der Waals surface area contributed by atoms with Crippen molar-refractivity contribution in [1.82, 2.24) is 25.1 Å². The zero-order valence-electron chi connectivity index (χ0n) is 10.5. The molecular weight excluding hydrogens is 246 g/mol. The molecule has 2 heterocycles. The number of carbonyl (C=O) groups is 1. The van der Waals surface area contributed by atoms with Crippen LogP contribution >= 0.6 is 0 Å². The molecule has 0 aliphatic heterocycles. The molecule has 0 bridgehead atoms. The number of rotatable bonds is 5. The standard InChI is InChI=1S/C11H15N7O/c1-2-18-7-14-17-10(18)6-13-11(19)8-4-3-5-9(15-8)16-12/h3-5,7H,2,6,12H2,1H3,(H,13,19)(H,15,16). The van der Waals surface area contributed by atoms with Crippen LogP contribution in [0.25, 0.3) is 0 Å². The van der Waals surface area contributed by atoms with Gasteiger partial charge in [0.05, 0.1) is 6.54 Å². The number of aryl methyl sites for hydroxylation is 1. The van der Waals surface area contributed by atoms with Gasteiger partial charge in [-0.1, -0.05) is 6.07 Å². The molecule has 0 aromatic carbocycles. The minimum atomic E-state index is -0.289. The lowest BCUT2D eigenvalue weighted by Crippen LogP contribution is -2.26. The lowest BCUT2D eigenvalue weighted by molar-refractivity contribution is 0.0944. The van der Waals surface area contributed by atoms with Crippen molar-refractivity contribution in [1.29, 1.82) is 0 Å². The average Bonchev–Trinajstić information content (AvgIpc) is 2.92. The maximum Gasteiger partial charge on any atom is 0.270 e. The zero-order chi connectivity index (χ0) is 13.7. The van der Waals surface area contributed by atoms with Crippen LogP contribution in [0.4, 0.5) is 5.82 Å². The van der Waals surface area contributed by atoms with Crippen LogP contribution in [0.3, 0.4) is 0 Å². The van der Waals surface area contributed by atoms with E-state index in [2.05, 4.69) is 25.9 Å². The summed E-state index contributed by atoms with van der Waals surface area (Å²) >= 11 is 0. The molecule has 0 saturated carbocycles. The molecule has 0 spiro atoms. The number of amides is 1. The van der Waals surface area contributed by atoms with Gasteiger partial charge in [-0.15, -0.1) is 10.2 Å². The third-order valence-electron chi connectivity index (χ3n) is 2.57. The van der Waals surface area contributed by atoms with Crippen molar-refractivity contribution >= 4 is 11.7 Å². The second kappa shape index (κ2) is 5.91. The molecule has 8 nitrogen and oxygen atoms in total. The van der Waals surface area contributed by atoms with E-state index in [4.69, 9.17) is 5.84 Å². The number of hydrogen-bond donors (Lipinski definition) is 3. The van der Waals surface area contributed by atoms with Crippen LogP contribution in [0.2, 0.25) is 0 Å². The number of carbonyl (C=O) groups excluding carboxylic acids is 1. The third-order valence-corrected chi connectivity index (χ3v) is 2.57. The van der Waals surface area contributed by atoms with Crippen molar-refractivity contribution in [2.24, 2.45) is 5.84 Å². The Hall–Kier alpha value is -2.48. The number of nitrogens with one attached hydrogen (secondary N) is 2. The molecule has 8 heteroatoms. The molecule has 19 heavy (non-hydrogen) atoms. The Bertz CT molecular complexity index is 566. The number of hydrogen-bond acceptors (Lipinski definition) is 6. The van der Waals surface area contributed by atoms with Gasteiger partial charge in [0.25, 0.3) is 5.91 Å². The first-order valence-corrected chi connectivity index (χ1v) is 5.83. The van der Waals surface area contributed by atoms with Crippen LogP contribution in [0.15, 0.2) is 24.5 Å². The molecule has 0 saturated heterocycles. The second-order valence-corrected chi connectivity index (χ2v) is 3.77. The summed E-state index contributed by atoms with van der Waals surface area (Å²) < 4.78 is 1.85. The van der Waals surface area contributed by atoms with Gasteiger partial charge in [0.15, 0.2) is 5.82 Å². The van der Waals surface area contributed by atoms with Gasteiger partial charge in [0.1, 0.15) is 17.8 Å². The first-order chi connectivity index (χ1) is 9.24. The van der Waals surface area contributed by atoms with Crippen LogP contribution < -0.4 is 16.6 Å². The topological polar surface area (TPSA) is 111 Å². The zero-order valence-corrected chi connectivity index (χ0v) is 10.5. The number of hydrazine groups is 1. The molecule has 100 valence electrons. The summed E-state index contributed by atoms with van der Waals surface area (Å²) in [6, 6.07) is 4.98. The van der Waals surface area contributed by atoms with E-state index in [9.17, 15) is 4.79 Å². The molecule has 0 fully saturated rings. The molecule has 0 radical (unpaired) electrons. The van der Waals surface area contributed by atoms with Gasteiger partial charge in [0.2, 0.25) is 0 Å². The number of nitrogens with zero attached hydrogens (tertiary/aromatic N) is 4. The summed E-state index contributed by atoms with van der Waals surface area (Å²) in [4.78, 5) is 16.0. The van der Waals surface area contributed by atoms with E-state index < -0.39 is 0 Å². The Morgan fingerprint density at radius 3 is 3.05 bits per heavy atom. The molecule has 2 aromatic heterocycles. The number of nitrogen functional groups attached to an aromatic ring is 1. The number of aromatic nitrogens is 4. The molecule has 0 atom stereocenters.